The topological polar surface area (TPSA) is 70.2 Å². The monoisotopic (exact) mass is 313 g/mol. The molecule has 2 aliphatic rings. The van der Waals surface area contributed by atoms with E-state index in [2.05, 4.69) is 36.1 Å². The largest absolute Gasteiger partial charge is 0.493 e. The third-order valence-electron chi connectivity index (χ3n) is 5.97. The summed E-state index contributed by atoms with van der Waals surface area (Å²) in [6.07, 6.45) is 5.70. The minimum absolute atomic E-state index is 0.196. The predicted molar refractivity (Wildman–Crippen MR) is 91.5 cm³/mol. The highest BCUT2D eigenvalue weighted by Gasteiger charge is 2.51. The van der Waals surface area contributed by atoms with Crippen molar-refractivity contribution < 1.29 is 9.68 Å². The van der Waals surface area contributed by atoms with Gasteiger partial charge in [0.1, 0.15) is 5.65 Å². The Balaban J connectivity index is 1.82. The summed E-state index contributed by atoms with van der Waals surface area (Å²) < 4.78 is 6.11. The predicted octanol–water partition coefficient (Wildman–Crippen LogP) is 1.52. The van der Waals surface area contributed by atoms with Crippen molar-refractivity contribution in [2.75, 3.05) is 13.1 Å². The highest BCUT2D eigenvalue weighted by molar-refractivity contribution is 6.62. The lowest BCUT2D eigenvalue weighted by Crippen LogP contribution is -2.39. The lowest BCUT2D eigenvalue weighted by molar-refractivity contribution is 0.0105. The van der Waals surface area contributed by atoms with E-state index in [0.29, 0.717) is 5.92 Å². The first-order chi connectivity index (χ1) is 11.0. The maximum absolute atomic E-state index is 10.4. The van der Waals surface area contributed by atoms with Crippen LogP contribution in [0.5, 0.6) is 0 Å². The van der Waals surface area contributed by atoms with Gasteiger partial charge in [-0.15, -0.1) is 0 Å². The molecule has 23 heavy (non-hydrogen) atoms. The van der Waals surface area contributed by atoms with Gasteiger partial charge in [0.2, 0.25) is 0 Å². The van der Waals surface area contributed by atoms with Gasteiger partial charge in [-0.05, 0) is 49.3 Å². The van der Waals surface area contributed by atoms with Crippen LogP contribution in [0.1, 0.15) is 39.2 Å². The number of rotatable bonds is 3. The number of H-pyrrole nitrogens is 1. The molecule has 1 fully saturated rings. The van der Waals surface area contributed by atoms with E-state index in [1.807, 2.05) is 12.3 Å². The molecule has 0 aromatic carbocycles. The summed E-state index contributed by atoms with van der Waals surface area (Å²) in [6.45, 7) is 8.77. The van der Waals surface area contributed by atoms with Crippen molar-refractivity contribution in [3.63, 3.8) is 0 Å². The van der Waals surface area contributed by atoms with Crippen molar-refractivity contribution in [2.24, 2.45) is 11.3 Å². The summed E-state index contributed by atoms with van der Waals surface area (Å²) in [6, 6.07) is 2.04. The van der Waals surface area contributed by atoms with Crippen LogP contribution in [0, 0.1) is 11.3 Å². The number of hydrogen-bond donors (Lipinski definition) is 3. The van der Waals surface area contributed by atoms with Gasteiger partial charge in [-0.1, -0.05) is 13.8 Å². The molecule has 0 bridgehead atoms. The Hall–Kier alpha value is -1.37. The molecule has 1 saturated heterocycles. The number of nitrogens with one attached hydrogen (secondary N) is 2. The van der Waals surface area contributed by atoms with Gasteiger partial charge in [0.05, 0.1) is 5.60 Å². The molecule has 6 heteroatoms. The molecule has 122 valence electrons. The zero-order chi connectivity index (χ0) is 16.2. The summed E-state index contributed by atoms with van der Waals surface area (Å²) >= 11 is 0. The van der Waals surface area contributed by atoms with Crippen LogP contribution in [0.25, 0.3) is 11.0 Å². The molecular weight excluding hydrogens is 289 g/mol. The highest BCUT2D eigenvalue weighted by atomic mass is 16.5. The highest BCUT2D eigenvalue weighted by Crippen LogP contribution is 2.48. The Labute approximate surface area is 137 Å². The summed E-state index contributed by atoms with van der Waals surface area (Å²) in [7, 11) is -0.889. The Morgan fingerprint density at radius 3 is 3.00 bits per heavy atom. The molecule has 4 heterocycles. The van der Waals surface area contributed by atoms with E-state index in [4.69, 9.17) is 4.65 Å². The Morgan fingerprint density at radius 1 is 1.48 bits per heavy atom. The SMILES string of the molecule is CC(C)C1(CC2(C)OB(O)c3cnc4[nH]ccc4c32)CCNC1. The minimum Gasteiger partial charge on any atom is -0.423 e. The van der Waals surface area contributed by atoms with Crippen LogP contribution in [0.2, 0.25) is 0 Å². The van der Waals surface area contributed by atoms with Crippen LogP contribution in [-0.4, -0.2) is 35.2 Å². The second-order valence-electron chi connectivity index (χ2n) is 7.65. The minimum atomic E-state index is -0.889. The van der Waals surface area contributed by atoms with Crippen molar-refractivity contribution in [1.29, 1.82) is 0 Å². The van der Waals surface area contributed by atoms with Crippen molar-refractivity contribution in [3.8, 4) is 0 Å². The fourth-order valence-electron chi connectivity index (χ4n) is 4.58. The van der Waals surface area contributed by atoms with E-state index in [-0.39, 0.29) is 5.41 Å². The Kier molecular flexibility index (Phi) is 3.34. The second-order valence-corrected chi connectivity index (χ2v) is 7.65. The van der Waals surface area contributed by atoms with E-state index in [1.54, 1.807) is 6.20 Å². The molecule has 0 saturated carbocycles. The number of hydrogen-bond acceptors (Lipinski definition) is 4. The van der Waals surface area contributed by atoms with Crippen molar-refractivity contribution in [3.05, 3.63) is 24.0 Å². The summed E-state index contributed by atoms with van der Waals surface area (Å²) in [5.41, 5.74) is 2.47. The maximum atomic E-state index is 10.4. The summed E-state index contributed by atoms with van der Waals surface area (Å²) in [4.78, 5) is 7.57. The average Bonchev–Trinajstić information content (AvgIpc) is 3.18. The quantitative estimate of drug-likeness (QED) is 0.752. The molecule has 3 N–H and O–H groups in total. The van der Waals surface area contributed by atoms with Gasteiger partial charge in [-0.3, -0.25) is 0 Å². The van der Waals surface area contributed by atoms with Gasteiger partial charge in [0, 0.05) is 29.8 Å². The first kappa shape index (κ1) is 15.2. The van der Waals surface area contributed by atoms with Crippen molar-refractivity contribution in [2.45, 2.75) is 39.2 Å². The third kappa shape index (κ3) is 2.16. The molecule has 2 aromatic heterocycles. The number of fused-ring (bicyclic) bond motifs is 3. The molecule has 0 radical (unpaired) electrons. The Morgan fingerprint density at radius 2 is 2.30 bits per heavy atom. The zero-order valence-corrected chi connectivity index (χ0v) is 14.0. The smallest absolute Gasteiger partial charge is 0.423 e. The molecule has 2 aromatic rings. The zero-order valence-electron chi connectivity index (χ0n) is 14.0. The van der Waals surface area contributed by atoms with E-state index in [1.165, 1.54) is 0 Å². The molecule has 4 rings (SSSR count). The molecule has 0 amide bonds. The van der Waals surface area contributed by atoms with Crippen molar-refractivity contribution >= 4 is 23.6 Å². The normalized spacial score (nSPS) is 30.6. The first-order valence-electron chi connectivity index (χ1n) is 8.48. The summed E-state index contributed by atoms with van der Waals surface area (Å²) in [5.74, 6) is 0.558. The van der Waals surface area contributed by atoms with E-state index < -0.39 is 12.7 Å². The van der Waals surface area contributed by atoms with Gasteiger partial charge in [0.15, 0.2) is 0 Å². The average molecular weight is 313 g/mol. The fourth-order valence-corrected chi connectivity index (χ4v) is 4.58. The number of nitrogens with zero attached hydrogens (tertiary/aromatic N) is 1. The molecular formula is C17H24BN3O2. The first-order valence-corrected chi connectivity index (χ1v) is 8.48. The van der Waals surface area contributed by atoms with Crippen LogP contribution >= 0.6 is 0 Å². The third-order valence-corrected chi connectivity index (χ3v) is 5.97. The number of pyridine rings is 1. The second kappa shape index (κ2) is 5.06. The van der Waals surface area contributed by atoms with Crippen LogP contribution in [0.15, 0.2) is 18.5 Å². The van der Waals surface area contributed by atoms with Crippen molar-refractivity contribution in [1.82, 2.24) is 15.3 Å². The van der Waals surface area contributed by atoms with Crippen LogP contribution < -0.4 is 10.8 Å². The van der Waals surface area contributed by atoms with E-state index >= 15 is 0 Å². The molecule has 2 unspecified atom stereocenters. The fraction of sp³-hybridized carbons (Fsp3) is 0.588. The number of aromatic nitrogens is 2. The van der Waals surface area contributed by atoms with Gasteiger partial charge in [-0.2, -0.15) is 0 Å². The molecule has 0 spiro atoms. The van der Waals surface area contributed by atoms with Crippen LogP contribution in [0.3, 0.4) is 0 Å². The standard InChI is InChI=1S/C17H24BN3O2/c1-11(2)17(5-7-19-10-17)9-16(3)14-12-4-6-20-15(12)21-8-13(14)18(22)23-16/h4,6,8,11,19,22H,5,7,9-10H2,1-3H3,(H,20,21). The Bertz CT molecular complexity index is 739. The maximum Gasteiger partial charge on any atom is 0.493 e. The molecule has 2 atom stereocenters. The summed E-state index contributed by atoms with van der Waals surface area (Å²) in [5, 5.41) is 15.0. The number of aromatic amines is 1. The molecule has 2 aliphatic heterocycles. The van der Waals surface area contributed by atoms with E-state index in [0.717, 1.165) is 48.0 Å². The van der Waals surface area contributed by atoms with Crippen LogP contribution in [-0.2, 0) is 10.3 Å². The van der Waals surface area contributed by atoms with E-state index in [9.17, 15) is 5.02 Å². The van der Waals surface area contributed by atoms with Crippen LogP contribution in [0.4, 0.5) is 0 Å². The molecule has 5 nitrogen and oxygen atoms in total. The lowest BCUT2D eigenvalue weighted by atomic mass is 9.67. The van der Waals surface area contributed by atoms with Gasteiger partial charge in [-0.25, -0.2) is 4.98 Å². The van der Waals surface area contributed by atoms with Gasteiger partial charge >= 0.3 is 7.12 Å². The van der Waals surface area contributed by atoms with Gasteiger partial charge in [0.25, 0.3) is 0 Å². The van der Waals surface area contributed by atoms with Gasteiger partial charge < -0.3 is 20.0 Å². The molecule has 0 aliphatic carbocycles. The lowest BCUT2D eigenvalue weighted by Gasteiger charge is -2.40.